The molecule has 0 spiro atoms. The average molecular weight is 391 g/mol. The number of amides is 1. The first-order valence-corrected chi connectivity index (χ1v) is 9.70. The van der Waals surface area contributed by atoms with Gasteiger partial charge < -0.3 is 15.2 Å². The smallest absolute Gasteiger partial charge is 0.344 e. The van der Waals surface area contributed by atoms with E-state index in [0.29, 0.717) is 17.9 Å². The Morgan fingerprint density at radius 2 is 1.76 bits per heavy atom. The van der Waals surface area contributed by atoms with Crippen LogP contribution in [0.5, 0.6) is 5.75 Å². The van der Waals surface area contributed by atoms with Gasteiger partial charge in [0.05, 0.1) is 6.61 Å². The molecule has 0 atom stereocenters. The van der Waals surface area contributed by atoms with Crippen LogP contribution in [0.25, 0.3) is 17.2 Å². The maximum absolute atomic E-state index is 12.2. The number of rotatable bonds is 7. The third kappa shape index (κ3) is 4.09. The minimum Gasteiger partial charge on any atom is -0.481 e. The molecular weight excluding hydrogens is 366 g/mol. The number of carbonyl (C=O) groups excluding carboxylic acids is 2. The number of esters is 1. The molecule has 0 aromatic heterocycles. The molecule has 1 amide bonds. The van der Waals surface area contributed by atoms with Crippen molar-refractivity contribution in [3.8, 4) is 5.75 Å². The van der Waals surface area contributed by atoms with E-state index < -0.39 is 11.9 Å². The van der Waals surface area contributed by atoms with Crippen LogP contribution in [0.1, 0.15) is 54.2 Å². The van der Waals surface area contributed by atoms with Crippen LogP contribution < -0.4 is 10.5 Å². The fourth-order valence-electron chi connectivity index (χ4n) is 3.74. The van der Waals surface area contributed by atoms with Crippen LogP contribution in [0.2, 0.25) is 0 Å². The van der Waals surface area contributed by atoms with Crippen molar-refractivity contribution in [2.75, 3.05) is 13.2 Å². The van der Waals surface area contributed by atoms with E-state index in [1.54, 1.807) is 19.1 Å². The number of hydrogen-bond donors (Lipinski definition) is 1. The van der Waals surface area contributed by atoms with Gasteiger partial charge in [-0.1, -0.05) is 37.3 Å². The van der Waals surface area contributed by atoms with Gasteiger partial charge in [0.25, 0.3) is 0 Å². The van der Waals surface area contributed by atoms with Gasteiger partial charge in [-0.3, -0.25) is 4.79 Å². The molecule has 2 N–H and O–H groups in total. The van der Waals surface area contributed by atoms with E-state index in [4.69, 9.17) is 15.2 Å². The van der Waals surface area contributed by atoms with Gasteiger partial charge in [0.2, 0.25) is 5.91 Å². The molecule has 0 heterocycles. The van der Waals surface area contributed by atoms with Crippen molar-refractivity contribution in [1.29, 1.82) is 0 Å². The summed E-state index contributed by atoms with van der Waals surface area (Å²) in [7, 11) is 0. The molecule has 0 radical (unpaired) electrons. The van der Waals surface area contributed by atoms with E-state index in [9.17, 15) is 9.59 Å². The molecule has 2 aromatic rings. The molecule has 29 heavy (non-hydrogen) atoms. The SMILES string of the molecule is CCOC(=O)COc1ccc(C(N)=O)c2c1C(C)=C(CC)C2=Cc1ccccc1. The van der Waals surface area contributed by atoms with E-state index in [0.717, 1.165) is 39.8 Å². The molecule has 0 fully saturated rings. The zero-order valence-corrected chi connectivity index (χ0v) is 17.0. The third-order valence-corrected chi connectivity index (χ3v) is 4.97. The zero-order valence-electron chi connectivity index (χ0n) is 17.0. The largest absolute Gasteiger partial charge is 0.481 e. The highest BCUT2D eigenvalue weighted by Gasteiger charge is 2.30. The summed E-state index contributed by atoms with van der Waals surface area (Å²) in [6.45, 7) is 5.93. The number of hydrogen-bond acceptors (Lipinski definition) is 4. The normalized spacial score (nSPS) is 14.1. The van der Waals surface area contributed by atoms with Gasteiger partial charge in [0.1, 0.15) is 5.75 Å². The van der Waals surface area contributed by atoms with Crippen molar-refractivity contribution in [3.05, 3.63) is 70.3 Å². The van der Waals surface area contributed by atoms with Crippen molar-refractivity contribution in [3.63, 3.8) is 0 Å². The molecule has 5 heteroatoms. The van der Waals surface area contributed by atoms with Crippen LogP contribution in [0.4, 0.5) is 0 Å². The summed E-state index contributed by atoms with van der Waals surface area (Å²) in [4.78, 5) is 23.9. The Bertz CT molecular complexity index is 1000. The lowest BCUT2D eigenvalue weighted by Crippen LogP contribution is -2.17. The molecule has 0 saturated carbocycles. The van der Waals surface area contributed by atoms with Gasteiger partial charge in [0, 0.05) is 16.7 Å². The number of carbonyl (C=O) groups is 2. The molecule has 0 saturated heterocycles. The molecule has 0 bridgehead atoms. The molecular formula is C24H25NO4. The van der Waals surface area contributed by atoms with Gasteiger partial charge in [-0.25, -0.2) is 4.79 Å². The summed E-state index contributed by atoms with van der Waals surface area (Å²) in [6, 6.07) is 13.3. The molecule has 1 aliphatic carbocycles. The Hall–Kier alpha value is -3.34. The number of fused-ring (bicyclic) bond motifs is 1. The van der Waals surface area contributed by atoms with Crippen molar-refractivity contribution in [2.24, 2.45) is 5.73 Å². The second-order valence-electron chi connectivity index (χ2n) is 6.75. The fourth-order valence-corrected chi connectivity index (χ4v) is 3.74. The van der Waals surface area contributed by atoms with Crippen LogP contribution >= 0.6 is 0 Å². The standard InChI is InChI=1S/C24H25NO4/c1-4-17-15(3)22-20(29-14-21(26)28-5-2)12-11-18(24(25)27)23(22)19(17)13-16-9-7-6-8-10-16/h6-13H,4-5,14H2,1-3H3,(H2,25,27). The van der Waals surface area contributed by atoms with Gasteiger partial charge in [-0.2, -0.15) is 0 Å². The highest BCUT2D eigenvalue weighted by molar-refractivity contribution is 6.12. The first kappa shape index (κ1) is 20.4. The first-order valence-electron chi connectivity index (χ1n) is 9.70. The minimum atomic E-state index is -0.498. The summed E-state index contributed by atoms with van der Waals surface area (Å²) < 4.78 is 10.7. The number of benzene rings is 2. The first-order chi connectivity index (χ1) is 14.0. The number of primary amides is 1. The fraction of sp³-hybridized carbons (Fsp3) is 0.250. The monoisotopic (exact) mass is 391 g/mol. The Morgan fingerprint density at radius 3 is 2.38 bits per heavy atom. The number of allylic oxidation sites excluding steroid dienone is 3. The van der Waals surface area contributed by atoms with Crippen molar-refractivity contribution >= 4 is 29.1 Å². The molecule has 0 aliphatic heterocycles. The van der Waals surface area contributed by atoms with Crippen LogP contribution in [0.3, 0.4) is 0 Å². The molecule has 3 rings (SSSR count). The second kappa shape index (κ2) is 8.78. The van der Waals surface area contributed by atoms with Gasteiger partial charge in [-0.05, 0) is 60.8 Å². The maximum Gasteiger partial charge on any atom is 0.344 e. The van der Waals surface area contributed by atoms with Crippen molar-refractivity contribution in [1.82, 2.24) is 0 Å². The minimum absolute atomic E-state index is 0.192. The van der Waals surface area contributed by atoms with Crippen LogP contribution in [0, 0.1) is 0 Å². The number of nitrogens with two attached hydrogens (primary N) is 1. The predicted octanol–water partition coefficient (Wildman–Crippen LogP) is 4.47. The van der Waals surface area contributed by atoms with Gasteiger partial charge in [0.15, 0.2) is 6.61 Å². The molecule has 0 unspecified atom stereocenters. The molecule has 150 valence electrons. The quantitative estimate of drug-likeness (QED) is 0.707. The Labute approximate surface area is 170 Å². The number of ether oxygens (including phenoxy) is 2. The summed E-state index contributed by atoms with van der Waals surface area (Å²) in [5, 5.41) is 0. The van der Waals surface area contributed by atoms with E-state index in [-0.39, 0.29) is 6.61 Å². The maximum atomic E-state index is 12.2. The summed E-state index contributed by atoms with van der Waals surface area (Å²) >= 11 is 0. The average Bonchev–Trinajstić information content (AvgIpc) is 2.99. The highest BCUT2D eigenvalue weighted by Crippen LogP contribution is 2.48. The molecule has 5 nitrogen and oxygen atoms in total. The summed E-state index contributed by atoms with van der Waals surface area (Å²) in [5.41, 5.74) is 11.8. The van der Waals surface area contributed by atoms with E-state index in [1.807, 2.05) is 37.3 Å². The van der Waals surface area contributed by atoms with Gasteiger partial charge >= 0.3 is 5.97 Å². The van der Waals surface area contributed by atoms with E-state index in [2.05, 4.69) is 13.0 Å². The van der Waals surface area contributed by atoms with Crippen LogP contribution in [-0.2, 0) is 9.53 Å². The highest BCUT2D eigenvalue weighted by atomic mass is 16.6. The Morgan fingerprint density at radius 1 is 1.03 bits per heavy atom. The predicted molar refractivity (Wildman–Crippen MR) is 114 cm³/mol. The van der Waals surface area contributed by atoms with E-state index >= 15 is 0 Å². The lowest BCUT2D eigenvalue weighted by molar-refractivity contribution is -0.145. The molecule has 1 aliphatic rings. The van der Waals surface area contributed by atoms with Crippen molar-refractivity contribution in [2.45, 2.75) is 27.2 Å². The Kier molecular flexibility index (Phi) is 6.17. The summed E-state index contributed by atoms with van der Waals surface area (Å²) in [5.74, 6) is -0.393. The van der Waals surface area contributed by atoms with Crippen LogP contribution in [-0.4, -0.2) is 25.1 Å². The summed E-state index contributed by atoms with van der Waals surface area (Å²) in [6.07, 6.45) is 2.85. The molecule has 2 aromatic carbocycles. The second-order valence-corrected chi connectivity index (χ2v) is 6.75. The topological polar surface area (TPSA) is 78.6 Å². The van der Waals surface area contributed by atoms with E-state index in [1.165, 1.54) is 0 Å². The van der Waals surface area contributed by atoms with Crippen LogP contribution in [0.15, 0.2) is 48.0 Å². The van der Waals surface area contributed by atoms with Crippen molar-refractivity contribution < 1.29 is 19.1 Å². The third-order valence-electron chi connectivity index (χ3n) is 4.97. The Balaban J connectivity index is 2.16. The zero-order chi connectivity index (χ0) is 21.0. The van der Waals surface area contributed by atoms with Gasteiger partial charge in [-0.15, -0.1) is 0 Å². The lowest BCUT2D eigenvalue weighted by atomic mass is 9.93. The lowest BCUT2D eigenvalue weighted by Gasteiger charge is -2.14.